The van der Waals surface area contributed by atoms with Crippen molar-refractivity contribution in [1.29, 1.82) is 0 Å². The number of amides is 1. The number of hydrogen-bond acceptors (Lipinski definition) is 4. The Morgan fingerprint density at radius 2 is 1.83 bits per heavy atom. The van der Waals surface area contributed by atoms with E-state index in [0.29, 0.717) is 10.8 Å². The van der Waals surface area contributed by atoms with Crippen LogP contribution in [0.1, 0.15) is 25.8 Å². The lowest BCUT2D eigenvalue weighted by atomic mass is 10.1. The highest BCUT2D eigenvalue weighted by molar-refractivity contribution is 7.92. The number of carbonyl (C=O) groups is 1. The lowest BCUT2D eigenvalue weighted by molar-refractivity contribution is -0.121. The second-order valence-corrected chi connectivity index (χ2v) is 9.57. The fourth-order valence-corrected chi connectivity index (χ4v) is 4.57. The Hall–Kier alpha value is -1.96. The average Bonchev–Trinajstić information content (AvgIpc) is 2.68. The van der Waals surface area contributed by atoms with Crippen LogP contribution < -0.4 is 14.4 Å². The number of aryl methyl sites for hydroxylation is 1. The number of halogens is 2. The first kappa shape index (κ1) is 24.3. The number of hydrogen-bond donors (Lipinski definition) is 1. The van der Waals surface area contributed by atoms with Crippen molar-refractivity contribution in [1.82, 2.24) is 5.32 Å². The van der Waals surface area contributed by atoms with Crippen LogP contribution in [0.25, 0.3) is 0 Å². The Kier molecular flexibility index (Phi) is 8.82. The summed E-state index contributed by atoms with van der Waals surface area (Å²) in [4.78, 5) is 12.6. The van der Waals surface area contributed by atoms with Gasteiger partial charge in [-0.25, -0.2) is 8.42 Å². The van der Waals surface area contributed by atoms with E-state index in [0.717, 1.165) is 23.4 Å². The zero-order valence-electron chi connectivity index (χ0n) is 17.2. The van der Waals surface area contributed by atoms with E-state index in [1.165, 1.54) is 24.6 Å². The Bertz CT molecular complexity index is 965. The highest BCUT2D eigenvalue weighted by Crippen LogP contribution is 2.32. The van der Waals surface area contributed by atoms with E-state index in [9.17, 15) is 13.2 Å². The van der Waals surface area contributed by atoms with E-state index >= 15 is 0 Å². The van der Waals surface area contributed by atoms with Gasteiger partial charge in [0.05, 0.1) is 23.5 Å². The van der Waals surface area contributed by atoms with Crippen LogP contribution in [-0.4, -0.2) is 39.8 Å². The van der Waals surface area contributed by atoms with Crippen molar-refractivity contribution in [2.75, 3.05) is 23.7 Å². The van der Waals surface area contributed by atoms with E-state index in [1.54, 1.807) is 6.07 Å². The van der Waals surface area contributed by atoms with Gasteiger partial charge in [-0.3, -0.25) is 9.10 Å². The number of benzene rings is 2. The lowest BCUT2D eigenvalue weighted by Gasteiger charge is -2.29. The van der Waals surface area contributed by atoms with Gasteiger partial charge in [-0.15, -0.1) is 0 Å². The maximum absolute atomic E-state index is 12.6. The monoisotopic (exact) mass is 472 g/mol. The summed E-state index contributed by atoms with van der Waals surface area (Å²) in [5.41, 5.74) is 1.39. The molecule has 0 saturated heterocycles. The molecule has 164 valence electrons. The molecule has 0 aliphatic carbocycles. The predicted molar refractivity (Wildman–Crippen MR) is 122 cm³/mol. The third-order valence-corrected chi connectivity index (χ3v) is 6.15. The topological polar surface area (TPSA) is 75.7 Å². The van der Waals surface area contributed by atoms with Gasteiger partial charge >= 0.3 is 0 Å². The maximum Gasteiger partial charge on any atom is 0.243 e. The van der Waals surface area contributed by atoms with Crippen molar-refractivity contribution in [3.8, 4) is 5.75 Å². The summed E-state index contributed by atoms with van der Waals surface area (Å²) in [6, 6.07) is 11.2. The van der Waals surface area contributed by atoms with Crippen LogP contribution in [0.2, 0.25) is 10.0 Å². The van der Waals surface area contributed by atoms with E-state index in [2.05, 4.69) is 12.2 Å². The van der Waals surface area contributed by atoms with Crippen molar-refractivity contribution >= 4 is 44.8 Å². The first-order valence-corrected chi connectivity index (χ1v) is 12.2. The van der Waals surface area contributed by atoms with Crippen LogP contribution in [0, 0.1) is 0 Å². The first-order chi connectivity index (χ1) is 14.1. The third-order valence-electron chi connectivity index (χ3n) is 4.37. The molecule has 0 saturated carbocycles. The molecule has 1 amide bonds. The SMILES string of the molecule is CCCc1ccc(OCCNC(=O)C(C)N(c2cc(Cl)ccc2Cl)S(C)(=O)=O)cc1. The molecule has 9 heteroatoms. The molecule has 1 N–H and O–H groups in total. The van der Waals surface area contributed by atoms with Crippen LogP contribution in [-0.2, 0) is 21.2 Å². The van der Waals surface area contributed by atoms with Crippen LogP contribution >= 0.6 is 23.2 Å². The minimum atomic E-state index is -3.79. The van der Waals surface area contributed by atoms with Crippen molar-refractivity contribution < 1.29 is 17.9 Å². The zero-order chi connectivity index (χ0) is 22.3. The van der Waals surface area contributed by atoms with Crippen LogP contribution in [0.15, 0.2) is 42.5 Å². The lowest BCUT2D eigenvalue weighted by Crippen LogP contribution is -2.48. The predicted octanol–water partition coefficient (Wildman–Crippen LogP) is 4.30. The summed E-state index contributed by atoms with van der Waals surface area (Å²) in [7, 11) is -3.79. The molecule has 6 nitrogen and oxygen atoms in total. The number of carbonyl (C=O) groups excluding carboxylic acids is 1. The standard InChI is InChI=1S/C21H26Cl2N2O4S/c1-4-5-16-6-9-18(10-7-16)29-13-12-24-21(26)15(2)25(30(3,27)28)20-14-17(22)8-11-19(20)23/h6-11,14-15H,4-5,12-13H2,1-3H3,(H,24,26). The Morgan fingerprint density at radius 3 is 2.43 bits per heavy atom. The van der Waals surface area contributed by atoms with Crippen molar-refractivity contribution in [2.45, 2.75) is 32.7 Å². The molecule has 0 aromatic heterocycles. The number of ether oxygens (including phenoxy) is 1. The quantitative estimate of drug-likeness (QED) is 0.523. The molecule has 1 unspecified atom stereocenters. The molecule has 1 atom stereocenters. The Morgan fingerprint density at radius 1 is 1.17 bits per heavy atom. The summed E-state index contributed by atoms with van der Waals surface area (Å²) >= 11 is 12.1. The van der Waals surface area contributed by atoms with Crippen LogP contribution in [0.4, 0.5) is 5.69 Å². The summed E-state index contributed by atoms with van der Waals surface area (Å²) in [5.74, 6) is 0.235. The molecular formula is C21H26Cl2N2O4S. The first-order valence-electron chi connectivity index (χ1n) is 9.57. The van der Waals surface area contributed by atoms with Gasteiger partial charge in [0.2, 0.25) is 15.9 Å². The van der Waals surface area contributed by atoms with Gasteiger partial charge in [0.1, 0.15) is 18.4 Å². The Balaban J connectivity index is 1.98. The molecule has 0 aliphatic rings. The van der Waals surface area contributed by atoms with Crippen LogP contribution in [0.3, 0.4) is 0 Å². The normalized spacial score (nSPS) is 12.3. The molecule has 0 spiro atoms. The molecular weight excluding hydrogens is 447 g/mol. The number of rotatable bonds is 10. The largest absolute Gasteiger partial charge is 0.492 e. The highest BCUT2D eigenvalue weighted by Gasteiger charge is 2.30. The van der Waals surface area contributed by atoms with Gasteiger partial charge in [0.15, 0.2) is 0 Å². The smallest absolute Gasteiger partial charge is 0.243 e. The molecule has 2 aromatic carbocycles. The number of nitrogens with zero attached hydrogens (tertiary/aromatic N) is 1. The molecule has 0 fully saturated rings. The van der Waals surface area contributed by atoms with Gasteiger partial charge in [-0.2, -0.15) is 0 Å². The van der Waals surface area contributed by atoms with E-state index < -0.39 is 22.0 Å². The van der Waals surface area contributed by atoms with Gasteiger partial charge in [0.25, 0.3) is 0 Å². The van der Waals surface area contributed by atoms with Gasteiger partial charge < -0.3 is 10.1 Å². The number of sulfonamides is 1. The van der Waals surface area contributed by atoms with Gasteiger partial charge in [-0.05, 0) is 49.2 Å². The second kappa shape index (κ2) is 10.9. The third kappa shape index (κ3) is 6.79. The van der Waals surface area contributed by atoms with E-state index in [-0.39, 0.29) is 23.9 Å². The van der Waals surface area contributed by atoms with Crippen molar-refractivity contribution in [3.63, 3.8) is 0 Å². The highest BCUT2D eigenvalue weighted by atomic mass is 35.5. The van der Waals surface area contributed by atoms with Gasteiger partial charge in [0, 0.05) is 5.02 Å². The molecule has 2 aromatic rings. The van der Waals surface area contributed by atoms with E-state index in [1.807, 2.05) is 24.3 Å². The molecule has 30 heavy (non-hydrogen) atoms. The summed E-state index contributed by atoms with van der Waals surface area (Å²) < 4.78 is 31.3. The Labute approximate surface area is 188 Å². The summed E-state index contributed by atoms with van der Waals surface area (Å²) in [5, 5.41) is 3.19. The number of nitrogens with one attached hydrogen (secondary N) is 1. The molecule has 0 aliphatic heterocycles. The minimum Gasteiger partial charge on any atom is -0.492 e. The zero-order valence-corrected chi connectivity index (χ0v) is 19.5. The fourth-order valence-electron chi connectivity index (χ4n) is 2.97. The molecule has 0 radical (unpaired) electrons. The minimum absolute atomic E-state index is 0.151. The van der Waals surface area contributed by atoms with E-state index in [4.69, 9.17) is 27.9 Å². The molecule has 2 rings (SSSR count). The summed E-state index contributed by atoms with van der Waals surface area (Å²) in [6.45, 7) is 4.09. The van der Waals surface area contributed by atoms with Crippen molar-refractivity contribution in [3.05, 3.63) is 58.1 Å². The average molecular weight is 473 g/mol. The van der Waals surface area contributed by atoms with Gasteiger partial charge in [-0.1, -0.05) is 48.7 Å². The molecule has 0 bridgehead atoms. The number of anilines is 1. The van der Waals surface area contributed by atoms with Crippen LogP contribution in [0.5, 0.6) is 5.75 Å². The van der Waals surface area contributed by atoms with Crippen molar-refractivity contribution in [2.24, 2.45) is 0 Å². The molecule has 0 heterocycles. The second-order valence-electron chi connectivity index (χ2n) is 6.86. The summed E-state index contributed by atoms with van der Waals surface area (Å²) in [6.07, 6.45) is 3.11. The maximum atomic E-state index is 12.6. The fraction of sp³-hybridized carbons (Fsp3) is 0.381.